The summed E-state index contributed by atoms with van der Waals surface area (Å²) in [5, 5.41) is 16.8. The first-order valence-electron chi connectivity index (χ1n) is 13.4. The van der Waals surface area contributed by atoms with Crippen LogP contribution < -0.4 is 5.32 Å². The number of rotatable bonds is 12. The molecule has 0 spiro atoms. The van der Waals surface area contributed by atoms with Crippen molar-refractivity contribution < 1.29 is 5.11 Å². The van der Waals surface area contributed by atoms with Crippen molar-refractivity contribution in [1.82, 2.24) is 9.62 Å². The van der Waals surface area contributed by atoms with E-state index in [1.165, 1.54) is 38.6 Å². The molecule has 4 aromatic carbocycles. The van der Waals surface area contributed by atoms with E-state index in [9.17, 15) is 5.11 Å². The summed E-state index contributed by atoms with van der Waals surface area (Å²) in [6.45, 7) is 7.62. The zero-order valence-electron chi connectivity index (χ0n) is 23.0. The molecule has 0 aromatic heterocycles. The molecule has 0 heterocycles. The van der Waals surface area contributed by atoms with Gasteiger partial charge in [0.15, 0.2) is 0 Å². The van der Waals surface area contributed by atoms with Crippen molar-refractivity contribution in [2.75, 3.05) is 20.1 Å². The van der Waals surface area contributed by atoms with E-state index in [0.29, 0.717) is 13.1 Å². The fraction of sp³-hybridized carbons (Fsp3) is 0.294. The van der Waals surface area contributed by atoms with Gasteiger partial charge < -0.3 is 10.4 Å². The minimum atomic E-state index is -0.435. The second kappa shape index (κ2) is 13.3. The maximum absolute atomic E-state index is 10.7. The molecular weight excluding hydrogens is 484 g/mol. The number of aliphatic hydroxyl groups is 1. The number of hydrogen-bond acceptors (Lipinski definition) is 4. The van der Waals surface area contributed by atoms with E-state index in [2.05, 4.69) is 134 Å². The Morgan fingerprint density at radius 3 is 2.37 bits per heavy atom. The van der Waals surface area contributed by atoms with Crippen LogP contribution >= 0.6 is 11.9 Å². The third-order valence-electron chi connectivity index (χ3n) is 6.73. The first-order chi connectivity index (χ1) is 18.3. The Bertz CT molecular complexity index is 1350. The molecule has 1 atom stereocenters. The minimum absolute atomic E-state index is 0.108. The third kappa shape index (κ3) is 8.31. The average Bonchev–Trinajstić information content (AvgIpc) is 2.91. The highest BCUT2D eigenvalue weighted by atomic mass is 32.2. The number of nitrogens with one attached hydrogen (secondary N) is 1. The highest BCUT2D eigenvalue weighted by Crippen LogP contribution is 2.24. The molecule has 4 heteroatoms. The summed E-state index contributed by atoms with van der Waals surface area (Å²) in [6.07, 6.45) is 4.66. The quantitative estimate of drug-likeness (QED) is 0.187. The topological polar surface area (TPSA) is 35.5 Å². The van der Waals surface area contributed by atoms with Gasteiger partial charge in [-0.3, -0.25) is 4.31 Å². The van der Waals surface area contributed by atoms with Gasteiger partial charge in [-0.15, -0.1) is 0 Å². The van der Waals surface area contributed by atoms with Gasteiger partial charge in [-0.25, -0.2) is 0 Å². The molecule has 0 fully saturated rings. The SMILES string of the molecule is C/C=C/c1cccc(-c2ccc(CSN(C)CC(O)CNC(C)(C)Cc3ccc4ccccc4c3)cc2)c1. The molecule has 0 aliphatic carbocycles. The first kappa shape index (κ1) is 28.1. The van der Waals surface area contributed by atoms with Crippen molar-refractivity contribution >= 4 is 28.8 Å². The molecule has 0 aliphatic rings. The van der Waals surface area contributed by atoms with E-state index < -0.39 is 6.10 Å². The normalized spacial score (nSPS) is 13.0. The van der Waals surface area contributed by atoms with Gasteiger partial charge in [0.1, 0.15) is 0 Å². The zero-order chi connectivity index (χ0) is 27.0. The zero-order valence-corrected chi connectivity index (χ0v) is 23.8. The molecule has 0 amide bonds. The standard InChI is InChI=1S/C34H40N2OS/c1-5-9-26-10-8-13-32(20-26)30-17-14-27(15-18-30)25-38-36(4)24-33(37)23-35-34(2,3)22-28-16-19-29-11-6-7-12-31(29)21-28/h5-21,33,35,37H,22-25H2,1-4H3/b9-5+. The van der Waals surface area contributed by atoms with Crippen LogP contribution in [0.4, 0.5) is 0 Å². The van der Waals surface area contributed by atoms with E-state index in [0.717, 1.165) is 12.2 Å². The van der Waals surface area contributed by atoms with Crippen LogP contribution in [0.5, 0.6) is 0 Å². The van der Waals surface area contributed by atoms with Crippen molar-refractivity contribution in [2.24, 2.45) is 0 Å². The van der Waals surface area contributed by atoms with E-state index in [1.54, 1.807) is 11.9 Å². The van der Waals surface area contributed by atoms with Crippen molar-refractivity contribution in [2.45, 2.75) is 44.6 Å². The van der Waals surface area contributed by atoms with Gasteiger partial charge in [0.25, 0.3) is 0 Å². The van der Waals surface area contributed by atoms with Gasteiger partial charge in [-0.05, 0) is 78.9 Å². The number of fused-ring (bicyclic) bond motifs is 1. The maximum Gasteiger partial charge on any atom is 0.0800 e. The monoisotopic (exact) mass is 524 g/mol. The van der Waals surface area contributed by atoms with Gasteiger partial charge in [0.2, 0.25) is 0 Å². The fourth-order valence-electron chi connectivity index (χ4n) is 4.72. The molecule has 2 N–H and O–H groups in total. The molecule has 198 valence electrons. The fourth-order valence-corrected chi connectivity index (χ4v) is 5.56. The first-order valence-corrected chi connectivity index (χ1v) is 14.3. The summed E-state index contributed by atoms with van der Waals surface area (Å²) >= 11 is 1.74. The van der Waals surface area contributed by atoms with Gasteiger partial charge in [0, 0.05) is 24.4 Å². The summed E-state index contributed by atoms with van der Waals surface area (Å²) in [5.74, 6) is 0.878. The number of nitrogens with zero attached hydrogens (tertiary/aromatic N) is 1. The minimum Gasteiger partial charge on any atom is -0.390 e. The van der Waals surface area contributed by atoms with E-state index in [-0.39, 0.29) is 5.54 Å². The van der Waals surface area contributed by atoms with Crippen LogP contribution in [-0.4, -0.2) is 41.2 Å². The van der Waals surface area contributed by atoms with Crippen LogP contribution in [0.1, 0.15) is 37.5 Å². The lowest BCUT2D eigenvalue weighted by Crippen LogP contribution is -2.46. The lowest BCUT2D eigenvalue weighted by atomic mass is 9.93. The van der Waals surface area contributed by atoms with Crippen LogP contribution in [0.15, 0.2) is 97.1 Å². The molecule has 3 nitrogen and oxygen atoms in total. The molecule has 0 radical (unpaired) electrons. The van der Waals surface area contributed by atoms with Crippen molar-refractivity contribution in [1.29, 1.82) is 0 Å². The number of aliphatic hydroxyl groups excluding tert-OH is 1. The summed E-state index contributed by atoms with van der Waals surface area (Å²) in [6, 6.07) is 32.5. The molecule has 4 aromatic rings. The third-order valence-corrected chi connectivity index (χ3v) is 7.78. The summed E-state index contributed by atoms with van der Waals surface area (Å²) in [7, 11) is 2.05. The Morgan fingerprint density at radius 1 is 0.868 bits per heavy atom. The van der Waals surface area contributed by atoms with Gasteiger partial charge in [-0.2, -0.15) is 0 Å². The van der Waals surface area contributed by atoms with Crippen molar-refractivity contribution in [3.8, 4) is 11.1 Å². The average molecular weight is 525 g/mol. The number of hydrogen-bond donors (Lipinski definition) is 2. The molecule has 38 heavy (non-hydrogen) atoms. The second-order valence-electron chi connectivity index (χ2n) is 10.7. The van der Waals surface area contributed by atoms with E-state index in [1.807, 2.05) is 6.92 Å². The van der Waals surface area contributed by atoms with Crippen LogP contribution in [-0.2, 0) is 12.2 Å². The molecular formula is C34H40N2OS. The number of β-amino-alcohol motifs (C(OH)–C–C–N with tert-alkyl or cyclic N) is 1. The van der Waals surface area contributed by atoms with Crippen LogP contribution in [0, 0.1) is 0 Å². The largest absolute Gasteiger partial charge is 0.390 e. The Labute approximate surface area is 232 Å². The maximum atomic E-state index is 10.7. The lowest BCUT2D eigenvalue weighted by Gasteiger charge is -2.29. The predicted molar refractivity (Wildman–Crippen MR) is 166 cm³/mol. The van der Waals surface area contributed by atoms with Crippen molar-refractivity contribution in [3.63, 3.8) is 0 Å². The van der Waals surface area contributed by atoms with Gasteiger partial charge >= 0.3 is 0 Å². The number of benzene rings is 4. The van der Waals surface area contributed by atoms with Gasteiger partial charge in [0.05, 0.1) is 6.10 Å². The Morgan fingerprint density at radius 2 is 1.61 bits per heavy atom. The van der Waals surface area contributed by atoms with E-state index >= 15 is 0 Å². The molecule has 4 rings (SSSR count). The Balaban J connectivity index is 1.21. The Kier molecular flexibility index (Phi) is 9.81. The number of allylic oxidation sites excluding steroid dienone is 1. The molecule has 0 saturated carbocycles. The second-order valence-corrected chi connectivity index (χ2v) is 11.9. The van der Waals surface area contributed by atoms with Crippen molar-refractivity contribution in [3.05, 3.63) is 114 Å². The molecule has 0 aliphatic heterocycles. The highest BCUT2D eigenvalue weighted by molar-refractivity contribution is 7.96. The highest BCUT2D eigenvalue weighted by Gasteiger charge is 2.20. The van der Waals surface area contributed by atoms with Gasteiger partial charge in [-0.1, -0.05) is 109 Å². The summed E-state index contributed by atoms with van der Waals surface area (Å²) in [5.41, 5.74) is 6.15. The van der Waals surface area contributed by atoms with Crippen LogP contribution in [0.25, 0.3) is 28.0 Å². The number of likely N-dealkylation sites (N-methyl/N-ethyl adjacent to an activating group) is 1. The summed E-state index contributed by atoms with van der Waals surface area (Å²) in [4.78, 5) is 0. The van der Waals surface area contributed by atoms with E-state index in [4.69, 9.17) is 0 Å². The predicted octanol–water partition coefficient (Wildman–Crippen LogP) is 7.59. The summed E-state index contributed by atoms with van der Waals surface area (Å²) < 4.78 is 2.14. The molecule has 0 saturated heterocycles. The smallest absolute Gasteiger partial charge is 0.0800 e. The lowest BCUT2D eigenvalue weighted by molar-refractivity contribution is 0.142. The van der Waals surface area contributed by atoms with Crippen LogP contribution in [0.2, 0.25) is 0 Å². The van der Waals surface area contributed by atoms with Crippen LogP contribution in [0.3, 0.4) is 0 Å². The molecule has 1 unspecified atom stereocenters. The molecule has 0 bridgehead atoms. The Hall–Kier alpha value is -2.89.